The normalized spacial score (nSPS) is 15.5. The molecule has 3 aromatic carbocycles. The zero-order valence-electron chi connectivity index (χ0n) is 20.6. The Bertz CT molecular complexity index is 1300. The third-order valence-electron chi connectivity index (χ3n) is 6.06. The number of carbonyl (C=O) groups is 3. The molecule has 0 radical (unpaired) electrons. The second-order valence-electron chi connectivity index (χ2n) is 8.58. The fraction of sp³-hybridized carbons (Fsp3) is 0.207. The molecule has 1 aliphatic heterocycles. The summed E-state index contributed by atoms with van der Waals surface area (Å²) in [6, 6.07) is 20.9. The van der Waals surface area contributed by atoms with Gasteiger partial charge in [0.05, 0.1) is 5.69 Å². The van der Waals surface area contributed by atoms with Gasteiger partial charge >= 0.3 is 6.03 Å². The van der Waals surface area contributed by atoms with Crippen molar-refractivity contribution < 1.29 is 23.9 Å². The summed E-state index contributed by atoms with van der Waals surface area (Å²) in [6.07, 6.45) is 2.55. The summed E-state index contributed by atoms with van der Waals surface area (Å²) in [7, 11) is 0. The molecule has 1 saturated heterocycles. The average molecular weight is 563 g/mol. The quantitative estimate of drug-likeness (QED) is 0.194. The van der Waals surface area contributed by atoms with Crippen LogP contribution in [-0.2, 0) is 9.59 Å². The molecule has 190 valence electrons. The van der Waals surface area contributed by atoms with Crippen LogP contribution in [0.1, 0.15) is 37.3 Å². The van der Waals surface area contributed by atoms with E-state index in [0.717, 1.165) is 21.5 Å². The summed E-state index contributed by atoms with van der Waals surface area (Å²) in [5.74, 6) is 0.519. The van der Waals surface area contributed by atoms with Gasteiger partial charge in [-0.15, -0.1) is 0 Å². The number of carbonyl (C=O) groups excluding carboxylic acids is 3. The first-order chi connectivity index (χ1) is 17.9. The molecule has 0 aliphatic carbocycles. The van der Waals surface area contributed by atoms with Gasteiger partial charge in [0.15, 0.2) is 0 Å². The highest BCUT2D eigenvalue weighted by atomic mass is 79.9. The van der Waals surface area contributed by atoms with Crippen LogP contribution in [0, 0.1) is 0 Å². The number of barbiturate groups is 1. The minimum atomic E-state index is -0.785. The Balaban J connectivity index is 1.34. The minimum absolute atomic E-state index is 0.135. The minimum Gasteiger partial charge on any atom is -0.490 e. The van der Waals surface area contributed by atoms with Crippen LogP contribution in [0.5, 0.6) is 11.5 Å². The van der Waals surface area contributed by atoms with Gasteiger partial charge in [-0.1, -0.05) is 54.0 Å². The van der Waals surface area contributed by atoms with Gasteiger partial charge in [0.2, 0.25) is 0 Å². The van der Waals surface area contributed by atoms with Crippen molar-refractivity contribution in [1.82, 2.24) is 5.32 Å². The molecule has 7 nitrogen and oxygen atoms in total. The lowest BCUT2D eigenvalue weighted by atomic mass is 9.99. The Morgan fingerprint density at radius 3 is 2.00 bits per heavy atom. The molecule has 1 aliphatic rings. The number of rotatable bonds is 9. The van der Waals surface area contributed by atoms with Crippen LogP contribution in [0.4, 0.5) is 10.5 Å². The number of anilines is 1. The number of ether oxygens (including phenoxy) is 2. The lowest BCUT2D eigenvalue weighted by Gasteiger charge is -2.26. The SMILES string of the molecule is CCC(C)c1ccc(OCCOc2ccc(/C=C3/C(=O)NC(=O)N(c4ccc(Br)cc4)C3=O)cc2)cc1. The van der Waals surface area contributed by atoms with Gasteiger partial charge in [0.1, 0.15) is 30.3 Å². The molecule has 1 unspecified atom stereocenters. The zero-order chi connectivity index (χ0) is 26.4. The van der Waals surface area contributed by atoms with Gasteiger partial charge in [-0.3, -0.25) is 14.9 Å². The van der Waals surface area contributed by atoms with E-state index in [2.05, 4.69) is 47.2 Å². The van der Waals surface area contributed by atoms with Crippen molar-refractivity contribution in [3.8, 4) is 11.5 Å². The molecule has 1 heterocycles. The molecule has 3 aromatic rings. The van der Waals surface area contributed by atoms with Crippen LogP contribution in [0.15, 0.2) is 82.8 Å². The molecule has 0 spiro atoms. The van der Waals surface area contributed by atoms with Crippen molar-refractivity contribution in [2.24, 2.45) is 0 Å². The molecule has 1 N–H and O–H groups in total. The molecule has 0 aromatic heterocycles. The Kier molecular flexibility index (Phi) is 8.40. The molecule has 8 heteroatoms. The molecule has 0 bridgehead atoms. The number of halogens is 1. The number of nitrogens with one attached hydrogen (secondary N) is 1. The van der Waals surface area contributed by atoms with Crippen LogP contribution in [0.3, 0.4) is 0 Å². The predicted octanol–water partition coefficient (Wildman–Crippen LogP) is 6.09. The number of amides is 4. The van der Waals surface area contributed by atoms with Crippen molar-refractivity contribution in [2.75, 3.05) is 18.1 Å². The maximum absolute atomic E-state index is 13.0. The van der Waals surface area contributed by atoms with E-state index in [9.17, 15) is 14.4 Å². The summed E-state index contributed by atoms with van der Waals surface area (Å²) < 4.78 is 12.3. The maximum atomic E-state index is 13.0. The highest BCUT2D eigenvalue weighted by Gasteiger charge is 2.36. The Hall–Kier alpha value is -3.91. The lowest BCUT2D eigenvalue weighted by Crippen LogP contribution is -2.54. The number of benzene rings is 3. The van der Waals surface area contributed by atoms with E-state index in [4.69, 9.17) is 9.47 Å². The maximum Gasteiger partial charge on any atom is 0.335 e. The smallest absolute Gasteiger partial charge is 0.335 e. The molecule has 4 amide bonds. The number of nitrogens with zero attached hydrogens (tertiary/aromatic N) is 1. The molecule has 0 saturated carbocycles. The molecular weight excluding hydrogens is 536 g/mol. The Labute approximate surface area is 224 Å². The number of hydrogen-bond acceptors (Lipinski definition) is 5. The van der Waals surface area contributed by atoms with E-state index in [-0.39, 0.29) is 5.57 Å². The molecule has 37 heavy (non-hydrogen) atoms. The van der Waals surface area contributed by atoms with Crippen LogP contribution in [0.25, 0.3) is 6.08 Å². The van der Waals surface area contributed by atoms with Crippen LogP contribution in [-0.4, -0.2) is 31.1 Å². The van der Waals surface area contributed by atoms with Gasteiger partial charge in [-0.25, -0.2) is 9.69 Å². The van der Waals surface area contributed by atoms with E-state index >= 15 is 0 Å². The van der Waals surface area contributed by atoms with E-state index in [0.29, 0.717) is 36.1 Å². The molecule has 1 atom stereocenters. The first-order valence-electron chi connectivity index (χ1n) is 12.0. The molecule has 4 rings (SSSR count). The summed E-state index contributed by atoms with van der Waals surface area (Å²) in [4.78, 5) is 38.6. The average Bonchev–Trinajstić information content (AvgIpc) is 2.90. The summed E-state index contributed by atoms with van der Waals surface area (Å²) in [5, 5.41) is 2.22. The monoisotopic (exact) mass is 562 g/mol. The van der Waals surface area contributed by atoms with Crippen LogP contribution in [0.2, 0.25) is 0 Å². The van der Waals surface area contributed by atoms with Gasteiger partial charge in [-0.2, -0.15) is 0 Å². The van der Waals surface area contributed by atoms with E-state index in [1.54, 1.807) is 48.5 Å². The number of imide groups is 2. The first kappa shape index (κ1) is 26.2. The summed E-state index contributed by atoms with van der Waals surface area (Å²) in [6.45, 7) is 5.12. The Morgan fingerprint density at radius 2 is 1.43 bits per heavy atom. The van der Waals surface area contributed by atoms with Crippen molar-refractivity contribution >= 4 is 45.5 Å². The third kappa shape index (κ3) is 6.46. The highest BCUT2D eigenvalue weighted by molar-refractivity contribution is 9.10. The topological polar surface area (TPSA) is 84.9 Å². The van der Waals surface area contributed by atoms with Gasteiger partial charge in [-0.05, 0) is 78.1 Å². The van der Waals surface area contributed by atoms with Crippen LogP contribution >= 0.6 is 15.9 Å². The summed E-state index contributed by atoms with van der Waals surface area (Å²) in [5.41, 5.74) is 2.14. The van der Waals surface area contributed by atoms with Crippen molar-refractivity contribution in [3.05, 3.63) is 94.0 Å². The van der Waals surface area contributed by atoms with Crippen molar-refractivity contribution in [3.63, 3.8) is 0 Å². The van der Waals surface area contributed by atoms with Gasteiger partial charge < -0.3 is 9.47 Å². The Morgan fingerprint density at radius 1 is 0.865 bits per heavy atom. The van der Waals surface area contributed by atoms with Gasteiger partial charge in [0, 0.05) is 4.47 Å². The molecular formula is C29H27BrN2O5. The van der Waals surface area contributed by atoms with Gasteiger partial charge in [0.25, 0.3) is 11.8 Å². The highest BCUT2D eigenvalue weighted by Crippen LogP contribution is 2.25. The van der Waals surface area contributed by atoms with Crippen molar-refractivity contribution in [2.45, 2.75) is 26.2 Å². The predicted molar refractivity (Wildman–Crippen MR) is 146 cm³/mol. The molecule has 1 fully saturated rings. The second kappa shape index (κ2) is 11.9. The van der Waals surface area contributed by atoms with Crippen LogP contribution < -0.4 is 19.7 Å². The lowest BCUT2D eigenvalue weighted by molar-refractivity contribution is -0.122. The van der Waals surface area contributed by atoms with Crippen molar-refractivity contribution in [1.29, 1.82) is 0 Å². The standard InChI is InChI=1S/C29H27BrN2O5/c1-3-19(2)21-6-14-25(15-7-21)37-17-16-36-24-12-4-20(5-13-24)18-26-27(33)31-29(35)32(28(26)34)23-10-8-22(30)9-11-23/h4-15,18-19H,3,16-17H2,1-2H3,(H,31,33,35)/b26-18-. The zero-order valence-corrected chi connectivity index (χ0v) is 22.2. The second-order valence-corrected chi connectivity index (χ2v) is 9.49. The fourth-order valence-corrected chi connectivity index (χ4v) is 4.02. The van der Waals surface area contributed by atoms with E-state index < -0.39 is 17.8 Å². The first-order valence-corrected chi connectivity index (χ1v) is 12.8. The largest absolute Gasteiger partial charge is 0.490 e. The fourth-order valence-electron chi connectivity index (χ4n) is 3.76. The number of hydrogen-bond donors (Lipinski definition) is 1. The van der Waals surface area contributed by atoms with E-state index in [1.807, 2.05) is 12.1 Å². The third-order valence-corrected chi connectivity index (χ3v) is 6.59. The summed E-state index contributed by atoms with van der Waals surface area (Å²) >= 11 is 3.32. The number of urea groups is 1. The van der Waals surface area contributed by atoms with E-state index in [1.165, 1.54) is 11.6 Å².